The van der Waals surface area contributed by atoms with Crippen LogP contribution >= 0.6 is 50.3 Å². The Bertz CT molecular complexity index is 1320. The number of pyridine rings is 1. The Hall–Kier alpha value is -1.95. The first-order valence-corrected chi connectivity index (χ1v) is 11.9. The molecular weight excluding hydrogens is 710 g/mol. The van der Waals surface area contributed by atoms with Crippen LogP contribution in [0.1, 0.15) is 15.9 Å². The number of thioether (sulfide) groups is 1. The molecule has 1 aromatic heterocycles. The molecule has 0 aliphatic carbocycles. The molecule has 1 amide bonds. The van der Waals surface area contributed by atoms with Crippen LogP contribution in [0.25, 0.3) is 10.9 Å². The Kier molecular flexibility index (Phi) is 7.74. The first kappa shape index (κ1) is 28.6. The van der Waals surface area contributed by atoms with Gasteiger partial charge in [-0.05, 0) is 80.6 Å². The second kappa shape index (κ2) is 9.74. The Morgan fingerprint density at radius 3 is 2.19 bits per heavy atom. The summed E-state index contributed by atoms with van der Waals surface area (Å²) in [7, 11) is 0. The van der Waals surface area contributed by atoms with Gasteiger partial charge in [-0.1, -0.05) is 0 Å². The number of aromatic nitrogens is 1. The monoisotopic (exact) mass is 718 g/mol. The lowest BCUT2D eigenvalue weighted by atomic mass is 9.95. The molecule has 1 unspecified atom stereocenters. The fraction of sp³-hybridized carbons (Fsp3) is 0.200. The van der Waals surface area contributed by atoms with Crippen molar-refractivity contribution in [1.82, 2.24) is 0 Å². The van der Waals surface area contributed by atoms with E-state index in [4.69, 9.17) is 0 Å². The number of halogens is 11. The lowest BCUT2D eigenvalue weighted by molar-refractivity contribution is -0.577. The second-order valence-electron chi connectivity index (χ2n) is 7.09. The van der Waals surface area contributed by atoms with Gasteiger partial charge in [-0.3, -0.25) is 4.79 Å². The maximum absolute atomic E-state index is 14.8. The van der Waals surface area contributed by atoms with Crippen LogP contribution in [0.3, 0.4) is 0 Å². The number of carbonyl (C=O) groups is 1. The van der Waals surface area contributed by atoms with Crippen LogP contribution < -0.4 is 10.0 Å². The molecular formula is C20H9BrF9IN2O2S. The standard InChI is InChI=1S/C20H9BrF9IN2O2S/c21-18(23,24)17(22,19(25,26)27)11-7-12(31)15(14(8-11)36-20(28,29)30)32-16(34)10-4-3-9-2-1-5-33(35)13(9)6-10/h1-8H,(H,32,34). The zero-order valence-corrected chi connectivity index (χ0v) is 21.5. The van der Waals surface area contributed by atoms with Gasteiger partial charge in [0.2, 0.25) is 5.52 Å². The molecule has 1 atom stereocenters. The summed E-state index contributed by atoms with van der Waals surface area (Å²) < 4.78 is 122. The molecule has 2 aromatic carbocycles. The van der Waals surface area contributed by atoms with Crippen LogP contribution in [0.5, 0.6) is 0 Å². The molecule has 0 radical (unpaired) electrons. The van der Waals surface area contributed by atoms with E-state index in [-0.39, 0.29) is 23.2 Å². The summed E-state index contributed by atoms with van der Waals surface area (Å²) >= 11 is 1.50. The topological polar surface area (TPSA) is 56.0 Å². The summed E-state index contributed by atoms with van der Waals surface area (Å²) in [6.45, 7) is 0. The van der Waals surface area contributed by atoms with Gasteiger partial charge in [0.15, 0.2) is 6.20 Å². The first-order valence-electron chi connectivity index (χ1n) is 9.20. The Balaban J connectivity index is 2.14. The Labute approximate surface area is 222 Å². The summed E-state index contributed by atoms with van der Waals surface area (Å²) in [5.41, 5.74) is -13.2. The number of hydrogen-bond acceptors (Lipinski definition) is 3. The van der Waals surface area contributed by atoms with E-state index >= 15 is 0 Å². The predicted octanol–water partition coefficient (Wildman–Crippen LogP) is 7.66. The third-order valence-corrected chi connectivity index (χ3v) is 6.90. The van der Waals surface area contributed by atoms with Crippen molar-refractivity contribution in [2.45, 2.75) is 27.1 Å². The fourth-order valence-electron chi connectivity index (χ4n) is 3.10. The molecule has 0 spiro atoms. The molecule has 16 heteroatoms. The van der Waals surface area contributed by atoms with E-state index in [2.05, 4.69) is 5.32 Å². The largest absolute Gasteiger partial charge is 0.618 e. The molecule has 0 saturated heterocycles. The predicted molar refractivity (Wildman–Crippen MR) is 125 cm³/mol. The number of fused-ring (bicyclic) bond motifs is 1. The van der Waals surface area contributed by atoms with Gasteiger partial charge in [-0.15, -0.1) is 0 Å². The van der Waals surface area contributed by atoms with Crippen LogP contribution in [-0.4, -0.2) is 22.4 Å². The van der Waals surface area contributed by atoms with Gasteiger partial charge in [0.05, 0.1) is 5.69 Å². The maximum Gasteiger partial charge on any atom is 0.446 e. The highest BCUT2D eigenvalue weighted by Crippen LogP contribution is 2.56. The number of benzene rings is 2. The number of nitrogens with one attached hydrogen (secondary N) is 1. The number of carbonyl (C=O) groups excluding carboxylic acids is 1. The highest BCUT2D eigenvalue weighted by Gasteiger charge is 2.71. The van der Waals surface area contributed by atoms with E-state index in [0.29, 0.717) is 10.1 Å². The third-order valence-electron chi connectivity index (χ3n) is 4.72. The number of alkyl halides is 10. The van der Waals surface area contributed by atoms with Crippen LogP contribution in [0.2, 0.25) is 0 Å². The van der Waals surface area contributed by atoms with E-state index in [0.717, 1.165) is 12.3 Å². The highest BCUT2D eigenvalue weighted by molar-refractivity contribution is 14.1. The van der Waals surface area contributed by atoms with E-state index in [1.54, 1.807) is 6.07 Å². The molecule has 0 aliphatic heterocycles. The van der Waals surface area contributed by atoms with Crippen molar-refractivity contribution in [3.8, 4) is 0 Å². The number of hydrogen-bond donors (Lipinski definition) is 1. The molecule has 0 bridgehead atoms. The highest BCUT2D eigenvalue weighted by atomic mass is 127. The van der Waals surface area contributed by atoms with Gasteiger partial charge >= 0.3 is 22.2 Å². The smallest absolute Gasteiger partial charge is 0.446 e. The number of amides is 1. The van der Waals surface area contributed by atoms with Crippen LogP contribution in [-0.2, 0) is 5.67 Å². The summed E-state index contributed by atoms with van der Waals surface area (Å²) in [5, 5.41) is 14.4. The van der Waals surface area contributed by atoms with Gasteiger partial charge in [0.1, 0.15) is 0 Å². The molecule has 194 valence electrons. The average molecular weight is 719 g/mol. The Morgan fingerprint density at radius 1 is 1.00 bits per heavy atom. The molecule has 0 saturated carbocycles. The normalized spacial score (nSPS) is 14.5. The van der Waals surface area contributed by atoms with Crippen molar-refractivity contribution in [3.05, 3.63) is 68.6 Å². The van der Waals surface area contributed by atoms with Gasteiger partial charge in [-0.25, -0.2) is 4.39 Å². The van der Waals surface area contributed by atoms with Crippen molar-refractivity contribution in [1.29, 1.82) is 0 Å². The minimum atomic E-state index is -6.23. The van der Waals surface area contributed by atoms with Crippen molar-refractivity contribution < 1.29 is 49.0 Å². The molecule has 3 aromatic rings. The van der Waals surface area contributed by atoms with Gasteiger partial charge in [-0.2, -0.15) is 39.9 Å². The first-order chi connectivity index (χ1) is 16.3. The van der Waals surface area contributed by atoms with Crippen LogP contribution in [0.4, 0.5) is 45.2 Å². The fourth-order valence-corrected chi connectivity index (χ4v) is 5.20. The molecule has 36 heavy (non-hydrogen) atoms. The number of anilines is 1. The summed E-state index contributed by atoms with van der Waals surface area (Å²) in [5.74, 6) is -1.07. The van der Waals surface area contributed by atoms with Crippen LogP contribution in [0, 0.1) is 8.78 Å². The average Bonchev–Trinajstić information content (AvgIpc) is 2.72. The summed E-state index contributed by atoms with van der Waals surface area (Å²) in [6.07, 6.45) is -5.10. The molecule has 1 N–H and O–H groups in total. The van der Waals surface area contributed by atoms with Gasteiger partial charge in [0, 0.05) is 37.1 Å². The van der Waals surface area contributed by atoms with Crippen molar-refractivity contribution in [3.63, 3.8) is 0 Å². The van der Waals surface area contributed by atoms with Gasteiger partial charge in [0.25, 0.3) is 5.91 Å². The maximum atomic E-state index is 14.8. The molecule has 0 fully saturated rings. The molecule has 0 aliphatic rings. The van der Waals surface area contributed by atoms with E-state index in [1.807, 2.05) is 0 Å². The molecule has 1 heterocycles. The lowest BCUT2D eigenvalue weighted by Crippen LogP contribution is -2.49. The third kappa shape index (κ3) is 5.64. The molecule has 4 nitrogen and oxygen atoms in total. The minimum Gasteiger partial charge on any atom is -0.618 e. The van der Waals surface area contributed by atoms with E-state index in [9.17, 15) is 49.5 Å². The van der Waals surface area contributed by atoms with Crippen molar-refractivity contribution in [2.24, 2.45) is 0 Å². The minimum absolute atomic E-state index is 0.0343. The van der Waals surface area contributed by atoms with Crippen molar-refractivity contribution in [2.75, 3.05) is 5.32 Å². The van der Waals surface area contributed by atoms with Crippen LogP contribution in [0.15, 0.2) is 53.6 Å². The summed E-state index contributed by atoms with van der Waals surface area (Å²) in [4.78, 5) is 6.33. The summed E-state index contributed by atoms with van der Waals surface area (Å²) in [6, 6.07) is 6.91. The Morgan fingerprint density at radius 2 is 1.64 bits per heavy atom. The second-order valence-corrected chi connectivity index (χ2v) is 10.4. The van der Waals surface area contributed by atoms with Gasteiger partial charge < -0.3 is 10.5 Å². The number of nitrogens with zero attached hydrogens (tertiary/aromatic N) is 1. The zero-order valence-electron chi connectivity index (χ0n) is 16.9. The quantitative estimate of drug-likeness (QED) is 0.0737. The zero-order chi connectivity index (χ0) is 27.3. The lowest BCUT2D eigenvalue weighted by Gasteiger charge is -2.32. The number of rotatable bonds is 5. The van der Waals surface area contributed by atoms with Crippen molar-refractivity contribution >= 4 is 72.8 Å². The van der Waals surface area contributed by atoms with E-state index in [1.165, 1.54) is 56.7 Å². The SMILES string of the molecule is O=C(Nc1c(I)cc(C(F)(C(F)(F)F)C(F)(F)Br)cc1SC(F)(F)F)c1ccc2ccc[n+]([O-])c2c1. The van der Waals surface area contributed by atoms with E-state index < -0.39 is 59.6 Å². The molecule has 3 rings (SSSR count).